The zero-order chi connectivity index (χ0) is 13.0. The van der Waals surface area contributed by atoms with Gasteiger partial charge in [0.1, 0.15) is 11.9 Å². The van der Waals surface area contributed by atoms with Crippen LogP contribution in [0.1, 0.15) is 18.6 Å². The molecule has 4 heteroatoms. The van der Waals surface area contributed by atoms with Gasteiger partial charge < -0.3 is 10.5 Å². The van der Waals surface area contributed by atoms with Crippen LogP contribution in [-0.2, 0) is 0 Å². The lowest BCUT2D eigenvalue weighted by molar-refractivity contribution is 0.181. The summed E-state index contributed by atoms with van der Waals surface area (Å²) in [7, 11) is 0. The molecule has 0 aliphatic heterocycles. The summed E-state index contributed by atoms with van der Waals surface area (Å²) in [4.78, 5) is 1.23. The zero-order valence-electron chi connectivity index (χ0n) is 10.5. The molecule has 0 aliphatic rings. The van der Waals surface area contributed by atoms with Crippen LogP contribution in [0, 0.1) is 0 Å². The molecule has 0 radical (unpaired) electrons. The topological polar surface area (TPSA) is 35.2 Å². The number of benzene rings is 1. The second kappa shape index (κ2) is 6.27. The molecular formula is C14H17NOS2. The Hall–Kier alpha value is -0.970. The maximum Gasteiger partial charge on any atom is 0.139 e. The third kappa shape index (κ3) is 3.28. The van der Waals surface area contributed by atoms with Crippen LogP contribution in [0.3, 0.4) is 0 Å². The predicted molar refractivity (Wildman–Crippen MR) is 79.6 cm³/mol. The minimum absolute atomic E-state index is 0.0418. The average molecular weight is 279 g/mol. The monoisotopic (exact) mass is 279 g/mol. The highest BCUT2D eigenvalue weighted by Gasteiger charge is 2.18. The standard InChI is InChI=1S/C14H17NOS2/c1-10(15)14(11-7-8-18-9-11)16-12-3-5-13(17-2)6-4-12/h3-10,14H,15H2,1-2H3. The van der Waals surface area contributed by atoms with Crippen molar-refractivity contribution < 1.29 is 4.74 Å². The molecule has 0 amide bonds. The van der Waals surface area contributed by atoms with Crippen LogP contribution >= 0.6 is 23.1 Å². The third-order valence-corrected chi connectivity index (χ3v) is 4.12. The van der Waals surface area contributed by atoms with Gasteiger partial charge in [-0.3, -0.25) is 0 Å². The van der Waals surface area contributed by atoms with Gasteiger partial charge in [0.2, 0.25) is 0 Å². The Morgan fingerprint density at radius 1 is 1.22 bits per heavy atom. The van der Waals surface area contributed by atoms with Crippen LogP contribution in [0.15, 0.2) is 46.0 Å². The molecule has 0 bridgehead atoms. The first-order valence-corrected chi connectivity index (χ1v) is 7.96. The molecule has 2 aromatic rings. The molecule has 0 fully saturated rings. The second-order valence-electron chi connectivity index (χ2n) is 4.13. The molecular weight excluding hydrogens is 262 g/mol. The fourth-order valence-corrected chi connectivity index (χ4v) is 2.81. The van der Waals surface area contributed by atoms with Crippen LogP contribution in [0.4, 0.5) is 0 Å². The third-order valence-electron chi connectivity index (χ3n) is 2.67. The molecule has 2 rings (SSSR count). The van der Waals surface area contributed by atoms with Crippen molar-refractivity contribution in [1.82, 2.24) is 0 Å². The van der Waals surface area contributed by atoms with Gasteiger partial charge in [0.15, 0.2) is 0 Å². The normalized spacial score (nSPS) is 14.2. The smallest absolute Gasteiger partial charge is 0.139 e. The highest BCUT2D eigenvalue weighted by atomic mass is 32.2. The Morgan fingerprint density at radius 2 is 1.94 bits per heavy atom. The Morgan fingerprint density at radius 3 is 2.44 bits per heavy atom. The molecule has 2 unspecified atom stereocenters. The maximum atomic E-state index is 6.01. The van der Waals surface area contributed by atoms with Gasteiger partial charge >= 0.3 is 0 Å². The second-order valence-corrected chi connectivity index (χ2v) is 5.79. The van der Waals surface area contributed by atoms with Crippen molar-refractivity contribution in [2.45, 2.75) is 24.0 Å². The Balaban J connectivity index is 2.13. The molecule has 2 atom stereocenters. The maximum absolute atomic E-state index is 6.01. The first kappa shape index (κ1) is 13.5. The summed E-state index contributed by atoms with van der Waals surface area (Å²) in [5.74, 6) is 0.862. The summed E-state index contributed by atoms with van der Waals surface area (Å²) in [5, 5.41) is 4.13. The summed E-state index contributed by atoms with van der Waals surface area (Å²) < 4.78 is 5.99. The molecule has 1 heterocycles. The first-order chi connectivity index (χ1) is 8.70. The van der Waals surface area contributed by atoms with Crippen molar-refractivity contribution in [3.05, 3.63) is 46.7 Å². The van der Waals surface area contributed by atoms with Gasteiger partial charge in [-0.2, -0.15) is 11.3 Å². The summed E-state index contributed by atoms with van der Waals surface area (Å²) in [5.41, 5.74) is 7.15. The molecule has 0 saturated carbocycles. The van der Waals surface area contributed by atoms with Crippen LogP contribution in [0.25, 0.3) is 0 Å². The minimum atomic E-state index is -0.0867. The Kier molecular flexibility index (Phi) is 4.69. The highest BCUT2D eigenvalue weighted by molar-refractivity contribution is 7.98. The first-order valence-electron chi connectivity index (χ1n) is 5.79. The molecule has 1 aromatic heterocycles. The summed E-state index contributed by atoms with van der Waals surface area (Å²) in [6.07, 6.45) is 1.97. The largest absolute Gasteiger partial charge is 0.484 e. The van der Waals surface area contributed by atoms with E-state index in [1.807, 2.05) is 24.4 Å². The Bertz CT molecular complexity index is 465. The van der Waals surface area contributed by atoms with Crippen LogP contribution in [0.5, 0.6) is 5.75 Å². The van der Waals surface area contributed by atoms with Gasteiger partial charge in [-0.15, -0.1) is 11.8 Å². The van der Waals surface area contributed by atoms with Crippen molar-refractivity contribution >= 4 is 23.1 Å². The quantitative estimate of drug-likeness (QED) is 0.842. The Labute approximate surface area is 116 Å². The van der Waals surface area contributed by atoms with E-state index in [0.717, 1.165) is 11.3 Å². The number of ether oxygens (including phenoxy) is 1. The number of rotatable bonds is 5. The molecule has 0 aliphatic carbocycles. The van der Waals surface area contributed by atoms with Gasteiger partial charge in [0, 0.05) is 16.5 Å². The SMILES string of the molecule is CSc1ccc(OC(c2ccsc2)C(C)N)cc1. The van der Waals surface area contributed by atoms with Crippen LogP contribution in [-0.4, -0.2) is 12.3 Å². The highest BCUT2D eigenvalue weighted by Crippen LogP contribution is 2.27. The van der Waals surface area contributed by atoms with E-state index in [9.17, 15) is 0 Å². The number of thioether (sulfide) groups is 1. The molecule has 2 nitrogen and oxygen atoms in total. The van der Waals surface area contributed by atoms with E-state index in [1.54, 1.807) is 23.1 Å². The summed E-state index contributed by atoms with van der Waals surface area (Å²) in [6.45, 7) is 1.97. The van der Waals surface area contributed by atoms with Gasteiger partial charge in [-0.05, 0) is 54.3 Å². The lowest BCUT2D eigenvalue weighted by Crippen LogP contribution is -2.28. The van der Waals surface area contributed by atoms with Crippen molar-refractivity contribution in [2.75, 3.05) is 6.26 Å². The van der Waals surface area contributed by atoms with Gasteiger partial charge in [0.25, 0.3) is 0 Å². The minimum Gasteiger partial charge on any atom is -0.484 e. The molecule has 0 spiro atoms. The predicted octanol–water partition coefficient (Wildman–Crippen LogP) is 3.94. The lowest BCUT2D eigenvalue weighted by atomic mass is 10.1. The lowest BCUT2D eigenvalue weighted by Gasteiger charge is -2.21. The molecule has 2 N–H and O–H groups in total. The van der Waals surface area contributed by atoms with E-state index in [1.165, 1.54) is 4.90 Å². The number of hydrogen-bond donors (Lipinski definition) is 1. The van der Waals surface area contributed by atoms with Crippen molar-refractivity contribution in [3.8, 4) is 5.75 Å². The van der Waals surface area contributed by atoms with Gasteiger partial charge in [0.05, 0.1) is 0 Å². The molecule has 96 valence electrons. The number of nitrogens with two attached hydrogens (primary N) is 1. The van der Waals surface area contributed by atoms with E-state index in [4.69, 9.17) is 10.5 Å². The molecule has 18 heavy (non-hydrogen) atoms. The number of hydrogen-bond acceptors (Lipinski definition) is 4. The van der Waals surface area contributed by atoms with Gasteiger partial charge in [-0.1, -0.05) is 0 Å². The van der Waals surface area contributed by atoms with Crippen molar-refractivity contribution in [3.63, 3.8) is 0 Å². The average Bonchev–Trinajstić information content (AvgIpc) is 2.90. The summed E-state index contributed by atoms with van der Waals surface area (Å²) >= 11 is 3.38. The van der Waals surface area contributed by atoms with Crippen molar-refractivity contribution in [1.29, 1.82) is 0 Å². The molecule has 1 aromatic carbocycles. The summed E-state index contributed by atoms with van der Waals surface area (Å²) in [6, 6.07) is 10.1. The van der Waals surface area contributed by atoms with Crippen molar-refractivity contribution in [2.24, 2.45) is 5.73 Å². The number of thiophene rings is 1. The fraction of sp³-hybridized carbons (Fsp3) is 0.286. The zero-order valence-corrected chi connectivity index (χ0v) is 12.1. The molecule has 0 saturated heterocycles. The van der Waals surface area contributed by atoms with Crippen LogP contribution < -0.4 is 10.5 Å². The van der Waals surface area contributed by atoms with Gasteiger partial charge in [-0.25, -0.2) is 0 Å². The van der Waals surface area contributed by atoms with E-state index >= 15 is 0 Å². The fourth-order valence-electron chi connectivity index (χ4n) is 1.72. The van der Waals surface area contributed by atoms with E-state index in [-0.39, 0.29) is 12.1 Å². The van der Waals surface area contributed by atoms with E-state index in [2.05, 4.69) is 29.8 Å². The van der Waals surface area contributed by atoms with E-state index < -0.39 is 0 Å². The van der Waals surface area contributed by atoms with Crippen LogP contribution in [0.2, 0.25) is 0 Å². The van der Waals surface area contributed by atoms with E-state index in [0.29, 0.717) is 0 Å².